The normalized spacial score (nSPS) is 10.9. The summed E-state index contributed by atoms with van der Waals surface area (Å²) in [6, 6.07) is 0. The first kappa shape index (κ1) is 7.78. The molecule has 0 bridgehead atoms. The van der Waals surface area contributed by atoms with Crippen molar-refractivity contribution >= 4 is 11.2 Å². The van der Waals surface area contributed by atoms with Gasteiger partial charge in [-0.3, -0.25) is 14.3 Å². The number of aromatic amines is 1. The van der Waals surface area contributed by atoms with Gasteiger partial charge in [-0.2, -0.15) is 0 Å². The minimum atomic E-state index is -0.328. The molecule has 68 valence electrons. The number of H-pyrrole nitrogens is 1. The van der Waals surface area contributed by atoms with E-state index in [0.29, 0.717) is 11.2 Å². The van der Waals surface area contributed by atoms with E-state index in [-0.39, 0.29) is 11.2 Å². The standard InChI is InChI=1S/C7H8N4O2/c1-10-3-8-5-4(6(10)12)11(2)7(13)9-5/h3H,1-2H3,(H,9,13). The van der Waals surface area contributed by atoms with Gasteiger partial charge >= 0.3 is 5.69 Å². The molecular weight excluding hydrogens is 172 g/mol. The molecule has 2 heterocycles. The van der Waals surface area contributed by atoms with E-state index in [4.69, 9.17) is 0 Å². The van der Waals surface area contributed by atoms with Gasteiger partial charge in [-0.25, -0.2) is 9.78 Å². The van der Waals surface area contributed by atoms with E-state index in [1.165, 1.54) is 22.5 Å². The van der Waals surface area contributed by atoms with Gasteiger partial charge in [0.05, 0.1) is 6.33 Å². The molecule has 0 aliphatic carbocycles. The molecule has 0 radical (unpaired) electrons. The fourth-order valence-corrected chi connectivity index (χ4v) is 1.21. The Morgan fingerprint density at radius 3 is 2.77 bits per heavy atom. The van der Waals surface area contributed by atoms with Crippen molar-refractivity contribution in [3.8, 4) is 0 Å². The van der Waals surface area contributed by atoms with Crippen LogP contribution in [0.25, 0.3) is 11.2 Å². The van der Waals surface area contributed by atoms with Crippen molar-refractivity contribution in [2.24, 2.45) is 14.1 Å². The molecule has 2 aromatic heterocycles. The third-order valence-electron chi connectivity index (χ3n) is 1.97. The van der Waals surface area contributed by atoms with Crippen molar-refractivity contribution in [1.82, 2.24) is 19.1 Å². The maximum Gasteiger partial charge on any atom is 0.327 e. The predicted molar refractivity (Wildman–Crippen MR) is 46.6 cm³/mol. The molecule has 0 fully saturated rings. The van der Waals surface area contributed by atoms with Crippen molar-refractivity contribution in [2.75, 3.05) is 0 Å². The second-order valence-corrected chi connectivity index (χ2v) is 2.85. The highest BCUT2D eigenvalue weighted by Crippen LogP contribution is 1.96. The zero-order valence-electron chi connectivity index (χ0n) is 7.24. The first-order chi connectivity index (χ1) is 6.11. The number of fused-ring (bicyclic) bond motifs is 1. The van der Waals surface area contributed by atoms with Gasteiger partial charge in [-0.1, -0.05) is 0 Å². The van der Waals surface area contributed by atoms with Gasteiger partial charge < -0.3 is 4.57 Å². The zero-order valence-corrected chi connectivity index (χ0v) is 7.24. The van der Waals surface area contributed by atoms with E-state index in [1.54, 1.807) is 7.05 Å². The Kier molecular flexibility index (Phi) is 1.39. The van der Waals surface area contributed by atoms with E-state index < -0.39 is 0 Å². The van der Waals surface area contributed by atoms with Crippen LogP contribution in [0.5, 0.6) is 0 Å². The predicted octanol–water partition coefficient (Wildman–Crippen LogP) is -1.04. The molecule has 2 aromatic rings. The van der Waals surface area contributed by atoms with Gasteiger partial charge in [0.2, 0.25) is 0 Å². The van der Waals surface area contributed by atoms with Crippen LogP contribution in [0.1, 0.15) is 0 Å². The molecule has 0 aromatic carbocycles. The van der Waals surface area contributed by atoms with Gasteiger partial charge in [0.1, 0.15) is 0 Å². The average molecular weight is 180 g/mol. The second-order valence-electron chi connectivity index (χ2n) is 2.85. The number of aromatic nitrogens is 4. The summed E-state index contributed by atoms with van der Waals surface area (Å²) in [4.78, 5) is 29.0. The third-order valence-corrected chi connectivity index (χ3v) is 1.97. The minimum absolute atomic E-state index is 0.231. The minimum Gasteiger partial charge on any atom is -0.300 e. The molecule has 0 amide bonds. The zero-order chi connectivity index (χ0) is 9.59. The molecule has 6 nitrogen and oxygen atoms in total. The van der Waals surface area contributed by atoms with Crippen LogP contribution in [0.3, 0.4) is 0 Å². The maximum absolute atomic E-state index is 11.5. The summed E-state index contributed by atoms with van der Waals surface area (Å²) in [6.45, 7) is 0. The summed E-state index contributed by atoms with van der Waals surface area (Å²) in [6.07, 6.45) is 1.38. The number of imidazole rings is 1. The Morgan fingerprint density at radius 2 is 2.08 bits per heavy atom. The van der Waals surface area contributed by atoms with Gasteiger partial charge in [-0.05, 0) is 0 Å². The lowest BCUT2D eigenvalue weighted by atomic mass is 10.5. The molecular formula is C7H8N4O2. The number of hydrogen-bond acceptors (Lipinski definition) is 3. The molecule has 0 saturated heterocycles. The van der Waals surface area contributed by atoms with Crippen LogP contribution in [0.15, 0.2) is 15.9 Å². The van der Waals surface area contributed by atoms with E-state index in [0.717, 1.165) is 0 Å². The number of nitrogens with one attached hydrogen (secondary N) is 1. The number of hydrogen-bond donors (Lipinski definition) is 1. The fraction of sp³-hybridized carbons (Fsp3) is 0.286. The highest BCUT2D eigenvalue weighted by molar-refractivity contribution is 5.68. The van der Waals surface area contributed by atoms with Gasteiger partial charge in [0.15, 0.2) is 11.2 Å². The van der Waals surface area contributed by atoms with E-state index in [9.17, 15) is 9.59 Å². The molecule has 13 heavy (non-hydrogen) atoms. The Labute approximate surface area is 72.5 Å². The van der Waals surface area contributed by atoms with Gasteiger partial charge in [-0.15, -0.1) is 0 Å². The first-order valence-corrected chi connectivity index (χ1v) is 3.71. The quantitative estimate of drug-likeness (QED) is 0.562. The molecule has 1 N–H and O–H groups in total. The lowest BCUT2D eigenvalue weighted by Gasteiger charge is -1.95. The third kappa shape index (κ3) is 0.915. The number of aryl methyl sites for hydroxylation is 2. The highest BCUT2D eigenvalue weighted by Gasteiger charge is 2.08. The summed E-state index contributed by atoms with van der Waals surface area (Å²) < 4.78 is 2.58. The maximum atomic E-state index is 11.5. The molecule has 0 unspecified atom stereocenters. The van der Waals surface area contributed by atoms with E-state index >= 15 is 0 Å². The van der Waals surface area contributed by atoms with Crippen LogP contribution in [0.2, 0.25) is 0 Å². The molecule has 0 aliphatic rings. The highest BCUT2D eigenvalue weighted by atomic mass is 16.2. The van der Waals surface area contributed by atoms with E-state index in [2.05, 4.69) is 9.97 Å². The Balaban J connectivity index is 3.15. The van der Waals surface area contributed by atoms with Gasteiger partial charge in [0.25, 0.3) is 5.56 Å². The summed E-state index contributed by atoms with van der Waals surface area (Å²) in [5, 5.41) is 0. The SMILES string of the molecule is Cn1cnc2[nH]c(=O)n(C)c2c1=O. The Hall–Kier alpha value is -1.85. The Bertz CT molecular complexity index is 574. The van der Waals surface area contributed by atoms with E-state index in [1.807, 2.05) is 0 Å². The second kappa shape index (κ2) is 2.32. The number of rotatable bonds is 0. The van der Waals surface area contributed by atoms with Crippen LogP contribution in [-0.4, -0.2) is 19.1 Å². The largest absolute Gasteiger partial charge is 0.327 e. The van der Waals surface area contributed by atoms with Crippen molar-refractivity contribution in [2.45, 2.75) is 0 Å². The number of nitrogens with zero attached hydrogens (tertiary/aromatic N) is 3. The average Bonchev–Trinajstić information content (AvgIpc) is 2.37. The monoisotopic (exact) mass is 180 g/mol. The summed E-state index contributed by atoms with van der Waals surface area (Å²) in [5.74, 6) is 0. The van der Waals surface area contributed by atoms with Crippen LogP contribution >= 0.6 is 0 Å². The van der Waals surface area contributed by atoms with Crippen molar-refractivity contribution in [1.29, 1.82) is 0 Å². The molecule has 6 heteroatoms. The lowest BCUT2D eigenvalue weighted by molar-refractivity contribution is 0.821. The smallest absolute Gasteiger partial charge is 0.300 e. The summed E-state index contributed by atoms with van der Waals surface area (Å²) in [5.41, 5.74) is 0.0715. The fourth-order valence-electron chi connectivity index (χ4n) is 1.21. The van der Waals surface area contributed by atoms with Crippen molar-refractivity contribution in [3.05, 3.63) is 27.2 Å². The lowest BCUT2D eigenvalue weighted by Crippen LogP contribution is -2.21. The Morgan fingerprint density at radius 1 is 1.38 bits per heavy atom. The molecule has 2 rings (SSSR count). The van der Waals surface area contributed by atoms with Crippen LogP contribution < -0.4 is 11.2 Å². The van der Waals surface area contributed by atoms with Gasteiger partial charge in [0, 0.05) is 14.1 Å². The van der Waals surface area contributed by atoms with Crippen LogP contribution in [0, 0.1) is 0 Å². The molecule has 0 atom stereocenters. The first-order valence-electron chi connectivity index (χ1n) is 3.71. The van der Waals surface area contributed by atoms with Crippen LogP contribution in [0.4, 0.5) is 0 Å². The molecule has 0 saturated carbocycles. The van der Waals surface area contributed by atoms with Crippen LogP contribution in [-0.2, 0) is 14.1 Å². The summed E-state index contributed by atoms with van der Waals surface area (Å²) in [7, 11) is 3.12. The topological polar surface area (TPSA) is 72.7 Å². The summed E-state index contributed by atoms with van der Waals surface area (Å²) >= 11 is 0. The van der Waals surface area contributed by atoms with Crippen molar-refractivity contribution < 1.29 is 0 Å². The molecule has 0 spiro atoms. The molecule has 0 aliphatic heterocycles. The van der Waals surface area contributed by atoms with Crippen molar-refractivity contribution in [3.63, 3.8) is 0 Å².